The fourth-order valence-corrected chi connectivity index (χ4v) is 17.9. The van der Waals surface area contributed by atoms with E-state index in [4.69, 9.17) is 22.6 Å². The molecule has 15 atom stereocenters. The van der Waals surface area contributed by atoms with Crippen molar-refractivity contribution in [3.05, 3.63) is 120 Å². The van der Waals surface area contributed by atoms with Crippen LogP contribution in [-0.4, -0.2) is 299 Å². The highest BCUT2D eigenvalue weighted by Gasteiger charge is 2.61. The van der Waals surface area contributed by atoms with Gasteiger partial charge in [0.25, 0.3) is 0 Å². The third kappa shape index (κ3) is 29.7. The molecule has 24 N–H and O–H groups in total. The molecule has 137 heavy (non-hydrogen) atoms. The van der Waals surface area contributed by atoms with Gasteiger partial charge in [-0.1, -0.05) is 115 Å². The summed E-state index contributed by atoms with van der Waals surface area (Å²) in [7, 11) is 3.93. The second kappa shape index (κ2) is 50.8. The van der Waals surface area contributed by atoms with Crippen molar-refractivity contribution >= 4 is 140 Å². The van der Waals surface area contributed by atoms with Crippen LogP contribution >= 0.6 is 11.8 Å². The zero-order chi connectivity index (χ0) is 100. The summed E-state index contributed by atoms with van der Waals surface area (Å²) < 4.78 is 0. The van der Waals surface area contributed by atoms with Gasteiger partial charge in [0.1, 0.15) is 89.8 Å². The number of phenols is 1. The van der Waals surface area contributed by atoms with Crippen molar-refractivity contribution in [3.8, 4) is 5.75 Å². The number of aromatic amines is 3. The highest BCUT2D eigenvalue weighted by atomic mass is 32.2. The van der Waals surface area contributed by atoms with Crippen molar-refractivity contribution in [3.63, 3.8) is 0 Å². The average molecular weight is 1920 g/mol. The number of phenolic OH excluding ortho intramolecular Hbond substituents is 1. The Morgan fingerprint density at radius 3 is 1.72 bits per heavy atom. The van der Waals surface area contributed by atoms with E-state index in [1.54, 1.807) is 67.8 Å². The molecular formula is C93H132N24O19S. The number of para-hydroxylation sites is 2. The van der Waals surface area contributed by atoms with Crippen molar-refractivity contribution in [2.24, 2.45) is 29.0 Å². The number of guanidine groups is 1. The minimum atomic E-state index is -1.85. The van der Waals surface area contributed by atoms with Crippen LogP contribution in [0.25, 0.3) is 21.8 Å². The van der Waals surface area contributed by atoms with Crippen LogP contribution in [-0.2, 0) is 107 Å². The predicted molar refractivity (Wildman–Crippen MR) is 508 cm³/mol. The molecule has 43 nitrogen and oxygen atoms in total. The average Bonchev–Trinajstić information content (AvgIpc) is 1.58. The van der Waals surface area contributed by atoms with E-state index in [-0.39, 0.29) is 108 Å². The van der Waals surface area contributed by atoms with Crippen molar-refractivity contribution < 1.29 is 91.7 Å². The standard InChI is InChI=1S/C93H132N24O19S/c1-10-13-26-72-85(130)105-63(25-19-35-99-92(96)97)80(125)111-71(79(124)102-46-76(95)121)48-137-49-77(122)104-68(37-53-30-32-58(119)33-31-53)87(132)114(7)52(6)78(123)107-67(41-75(94)120)84(129)113-93(42-56(93)12-3)91(136)112-66(40-57-45-98-50-103-57)82(127)106-64(34-29-51(4)5)89(134)117-36-20-28-73(117)86(131)108-65(38-54-43-100-61-23-17-15-21-59(54)61)81(126)110-70(47-118)83(128)109-69(39-55-44-101-62-24-18-16-22-60(55)62)88(133)116(9)74(27-14-11-2)90(135)115(72)8/h15-18,21-24,30-33,43-45,50-52,56,63-74,100-101,118-119H,10-14,19-20,25-29,34-42,46-49H2,1-9H3,(H2,94,120)(H2,95,121)(H,98,103)(H,102,124)(H,104,122)(H,105,130)(H,106,127)(H,107,123)(H,108,131)(H,109,128)(H,110,126)(H,111,125)(H,112,136)(H,113,129)(H4,96,97,99)/t52-,56-,63-,64-,65-,66-,67-,68-,69-,70-,71?,72-,73-,74-,93-/m0/s1. The first-order valence-electron chi connectivity index (χ1n) is 46.4. The van der Waals surface area contributed by atoms with E-state index in [9.17, 15) is 48.6 Å². The van der Waals surface area contributed by atoms with E-state index in [0.717, 1.165) is 26.5 Å². The number of fused-ring (bicyclic) bond motifs is 3. The molecule has 3 fully saturated rings. The maximum Gasteiger partial charge on any atom is 0.246 e. The highest BCUT2D eigenvalue weighted by Crippen LogP contribution is 2.46. The van der Waals surface area contributed by atoms with Gasteiger partial charge in [-0.2, -0.15) is 0 Å². The Hall–Kier alpha value is -13.7. The molecule has 744 valence electrons. The number of rotatable bonds is 28. The number of nitrogens with one attached hydrogen (secondary N) is 16. The first-order valence-corrected chi connectivity index (χ1v) is 47.6. The molecular weight excluding hydrogens is 1790 g/mol. The second-order valence-electron chi connectivity index (χ2n) is 35.7. The number of benzene rings is 3. The lowest BCUT2D eigenvalue weighted by molar-refractivity contribution is -0.149. The van der Waals surface area contributed by atoms with Gasteiger partial charge < -0.3 is 126 Å². The van der Waals surface area contributed by atoms with Crippen LogP contribution in [0.4, 0.5) is 0 Å². The van der Waals surface area contributed by atoms with Crippen molar-refractivity contribution in [2.75, 3.05) is 58.9 Å². The third-order valence-corrected chi connectivity index (χ3v) is 26.2. The second-order valence-corrected chi connectivity index (χ2v) is 36.7. The largest absolute Gasteiger partial charge is 0.508 e. The molecule has 2 aliphatic heterocycles. The van der Waals surface area contributed by atoms with Gasteiger partial charge in [0.05, 0.1) is 31.7 Å². The van der Waals surface area contributed by atoms with E-state index in [0.29, 0.717) is 76.3 Å². The van der Waals surface area contributed by atoms with Crippen LogP contribution in [0.3, 0.4) is 0 Å². The van der Waals surface area contributed by atoms with E-state index in [1.807, 2.05) is 27.7 Å². The van der Waals surface area contributed by atoms with Gasteiger partial charge in [-0.3, -0.25) is 86.9 Å². The van der Waals surface area contributed by atoms with Gasteiger partial charge in [-0.15, -0.1) is 11.8 Å². The number of aliphatic hydroxyl groups excluding tert-OH is 1. The zero-order valence-electron chi connectivity index (χ0n) is 78.8. The SMILES string of the molecule is CCCC[C@H]1C(=O)N(C)[C@@H](CCCC)C(=O)N[C@@H](CCCNC(=N)N)C(=O)NC(C(=O)NCC(N)=O)CSCC(=O)N[C@@H](Cc2ccc(O)cc2)C(=O)N(C)[C@@H](C)C(=O)N[C@@H](CC(N)=O)C(=O)N[C@]2(C[C@@H]2CC)C(=O)N[C@@H](Cc2cnc[nH]2)C(=O)N[C@@H](CCC(C)C)C(=O)N2CCC[C@H]2C(=O)N[C@@H](Cc2c[nH]c3ccccc23)C(=O)N[C@@H](CO)C(=O)N[C@@H](Cc2c[nH]c3ccccc23)C(=O)N1C. The summed E-state index contributed by atoms with van der Waals surface area (Å²) in [6.45, 7) is 8.68. The van der Waals surface area contributed by atoms with E-state index in [1.165, 1.54) is 69.8 Å². The maximum atomic E-state index is 15.8. The summed E-state index contributed by atoms with van der Waals surface area (Å²) in [6, 6.07) is -0.136. The number of hydrogen-bond donors (Lipinski definition) is 21. The summed E-state index contributed by atoms with van der Waals surface area (Å²) in [5.74, 6) is -17.9. The molecule has 0 radical (unpaired) electrons. The maximum absolute atomic E-state index is 15.8. The van der Waals surface area contributed by atoms with Crippen LogP contribution in [0.5, 0.6) is 5.75 Å². The Morgan fingerprint density at radius 2 is 1.13 bits per heavy atom. The Bertz CT molecular complexity index is 5280. The molecule has 2 saturated heterocycles. The lowest BCUT2D eigenvalue weighted by Crippen LogP contribution is -2.62. The minimum Gasteiger partial charge on any atom is -0.508 e. The lowest BCUT2D eigenvalue weighted by atomic mass is 10.00. The molecule has 3 aromatic heterocycles. The van der Waals surface area contributed by atoms with Crippen LogP contribution in [0, 0.1) is 17.2 Å². The Kier molecular flexibility index (Phi) is 39.6. The van der Waals surface area contributed by atoms with Crippen LogP contribution in [0.1, 0.15) is 160 Å². The van der Waals surface area contributed by atoms with Gasteiger partial charge in [0.2, 0.25) is 100 Å². The molecule has 3 aromatic carbocycles. The molecule has 3 aliphatic rings. The summed E-state index contributed by atoms with van der Waals surface area (Å²) >= 11 is 0.764. The number of primary amides is 2. The number of carbonyl (C=O) groups is 17. The number of H-pyrrole nitrogens is 3. The number of nitrogens with two attached hydrogens (primary N) is 3. The number of amides is 17. The molecule has 1 aliphatic carbocycles. The number of aliphatic hydroxyl groups is 1. The zero-order valence-corrected chi connectivity index (χ0v) is 79.6. The summed E-state index contributed by atoms with van der Waals surface area (Å²) in [4.78, 5) is 269. The molecule has 1 spiro atoms. The summed E-state index contributed by atoms with van der Waals surface area (Å²) in [5, 5.41) is 62.8. The number of nitrogens with zero attached hydrogens (tertiary/aromatic N) is 5. The number of hydrogen-bond acceptors (Lipinski definition) is 22. The fourth-order valence-electron chi connectivity index (χ4n) is 17.0. The van der Waals surface area contributed by atoms with E-state index < -0.39 is 227 Å². The molecule has 17 amide bonds. The first-order chi connectivity index (χ1) is 65.3. The normalized spacial score (nSPS) is 25.0. The van der Waals surface area contributed by atoms with Gasteiger partial charge in [0, 0.05) is 112 Å². The number of imidazole rings is 1. The Morgan fingerprint density at radius 1 is 0.569 bits per heavy atom. The topological polar surface area (TPSA) is 650 Å². The molecule has 6 aromatic rings. The molecule has 1 unspecified atom stereocenters. The number of unbranched alkanes of at least 4 members (excludes halogenated alkanes) is 2. The summed E-state index contributed by atoms with van der Waals surface area (Å²) in [6.07, 6.45) is 6.56. The van der Waals surface area contributed by atoms with Crippen molar-refractivity contribution in [2.45, 2.75) is 248 Å². The van der Waals surface area contributed by atoms with Crippen LogP contribution in [0.2, 0.25) is 0 Å². The molecule has 44 heteroatoms. The number of aromatic hydroxyl groups is 1. The van der Waals surface area contributed by atoms with E-state index in [2.05, 4.69) is 83.7 Å². The minimum absolute atomic E-state index is 0.000797. The Balaban J connectivity index is 1.10. The molecule has 0 bridgehead atoms. The first kappa shape index (κ1) is 107. The van der Waals surface area contributed by atoms with E-state index >= 15 is 43.2 Å². The highest BCUT2D eigenvalue weighted by molar-refractivity contribution is 8.00. The quantitative estimate of drug-likeness (QED) is 0.0156. The lowest BCUT2D eigenvalue weighted by Gasteiger charge is -2.36. The smallest absolute Gasteiger partial charge is 0.246 e. The van der Waals surface area contributed by atoms with Crippen molar-refractivity contribution in [1.82, 2.24) is 103 Å². The van der Waals surface area contributed by atoms with Gasteiger partial charge in [-0.25, -0.2) is 4.98 Å². The number of likely N-dealkylation sites (N-methyl/N-ethyl adjacent to an activating group) is 3. The van der Waals surface area contributed by atoms with Gasteiger partial charge in [0.15, 0.2) is 5.96 Å². The fraction of sp³-hybridized carbons (Fsp3) is 0.538. The summed E-state index contributed by atoms with van der Waals surface area (Å²) in [5.41, 5.74) is 18.1. The number of aromatic nitrogens is 4. The number of carbonyl (C=O) groups excluding carboxylic acids is 17. The number of thioether (sulfide) groups is 1. The third-order valence-electron chi connectivity index (χ3n) is 25.1. The molecule has 1 saturated carbocycles. The molecule has 5 heterocycles. The molecule has 9 rings (SSSR count). The Labute approximate surface area is 797 Å². The van der Waals surface area contributed by atoms with Gasteiger partial charge >= 0.3 is 0 Å². The van der Waals surface area contributed by atoms with Crippen LogP contribution < -0.4 is 81.0 Å². The van der Waals surface area contributed by atoms with Crippen LogP contribution in [0.15, 0.2) is 97.7 Å². The monoisotopic (exact) mass is 1920 g/mol. The van der Waals surface area contributed by atoms with Crippen molar-refractivity contribution in [1.29, 1.82) is 5.41 Å². The van der Waals surface area contributed by atoms with Gasteiger partial charge in [-0.05, 0) is 118 Å². The predicted octanol–water partition coefficient (Wildman–Crippen LogP) is -1.22.